The Morgan fingerprint density at radius 1 is 1.40 bits per heavy atom. The van der Waals surface area contributed by atoms with Crippen molar-refractivity contribution >= 4 is 28.7 Å². The average molecular weight is 292 g/mol. The van der Waals surface area contributed by atoms with Crippen LogP contribution in [0.3, 0.4) is 0 Å². The van der Waals surface area contributed by atoms with E-state index in [0.29, 0.717) is 16.5 Å². The summed E-state index contributed by atoms with van der Waals surface area (Å²) in [5.74, 6) is 0. The number of oxazole rings is 1. The van der Waals surface area contributed by atoms with E-state index in [2.05, 4.69) is 9.88 Å². The van der Waals surface area contributed by atoms with Gasteiger partial charge in [0.2, 0.25) is 0 Å². The first-order valence-electron chi connectivity index (χ1n) is 7.20. The summed E-state index contributed by atoms with van der Waals surface area (Å²) in [6, 6.07) is 6.66. The number of nitrogens with two attached hydrogens (primary N) is 1. The van der Waals surface area contributed by atoms with Crippen molar-refractivity contribution in [3.63, 3.8) is 0 Å². The Morgan fingerprint density at radius 3 is 3.10 bits per heavy atom. The molecule has 2 fully saturated rings. The van der Waals surface area contributed by atoms with Crippen molar-refractivity contribution in [2.75, 3.05) is 18.0 Å². The van der Waals surface area contributed by atoms with Crippen LogP contribution in [0.25, 0.3) is 11.1 Å². The molecule has 1 saturated carbocycles. The van der Waals surface area contributed by atoms with E-state index in [-0.39, 0.29) is 0 Å². The van der Waals surface area contributed by atoms with Crippen LogP contribution in [0.15, 0.2) is 22.6 Å². The molecule has 2 aliphatic rings. The van der Waals surface area contributed by atoms with Crippen LogP contribution in [0.5, 0.6) is 0 Å². The molecule has 1 spiro atoms. The van der Waals surface area contributed by atoms with Crippen LogP contribution in [-0.4, -0.2) is 24.1 Å². The van der Waals surface area contributed by atoms with E-state index in [4.69, 9.17) is 21.8 Å². The predicted molar refractivity (Wildman–Crippen MR) is 80.1 cm³/mol. The highest BCUT2D eigenvalue weighted by Crippen LogP contribution is 2.46. The quantitative estimate of drug-likeness (QED) is 0.877. The maximum Gasteiger partial charge on any atom is 0.298 e. The summed E-state index contributed by atoms with van der Waals surface area (Å²) >= 11 is 5.99. The Labute approximate surface area is 122 Å². The molecule has 0 amide bonds. The summed E-state index contributed by atoms with van der Waals surface area (Å²) in [7, 11) is 0. The molecule has 0 bridgehead atoms. The van der Waals surface area contributed by atoms with Crippen molar-refractivity contribution in [1.29, 1.82) is 0 Å². The maximum absolute atomic E-state index is 6.08. The number of fused-ring (bicyclic) bond motifs is 1. The third kappa shape index (κ3) is 1.98. The minimum Gasteiger partial charge on any atom is -0.423 e. The Balaban J connectivity index is 1.61. The number of hydrogen-bond acceptors (Lipinski definition) is 4. The topological polar surface area (TPSA) is 55.3 Å². The fourth-order valence-electron chi connectivity index (χ4n) is 3.74. The van der Waals surface area contributed by atoms with E-state index < -0.39 is 0 Å². The van der Waals surface area contributed by atoms with Crippen molar-refractivity contribution < 1.29 is 4.42 Å². The summed E-state index contributed by atoms with van der Waals surface area (Å²) in [4.78, 5) is 6.83. The number of halogens is 1. The first-order chi connectivity index (χ1) is 9.63. The van der Waals surface area contributed by atoms with E-state index in [1.807, 2.05) is 18.2 Å². The van der Waals surface area contributed by atoms with Gasteiger partial charge in [-0.2, -0.15) is 4.98 Å². The summed E-state index contributed by atoms with van der Waals surface area (Å²) < 4.78 is 5.86. The van der Waals surface area contributed by atoms with Crippen LogP contribution >= 0.6 is 11.6 Å². The third-order valence-electron chi connectivity index (χ3n) is 4.79. The van der Waals surface area contributed by atoms with Gasteiger partial charge in [-0.25, -0.2) is 0 Å². The Bertz CT molecular complexity index is 656. The van der Waals surface area contributed by atoms with Crippen molar-refractivity contribution in [1.82, 2.24) is 4.98 Å². The highest BCUT2D eigenvalue weighted by Gasteiger charge is 2.44. The molecule has 1 aromatic heterocycles. The summed E-state index contributed by atoms with van der Waals surface area (Å²) in [5, 5.41) is 0.692. The fraction of sp³-hybridized carbons (Fsp3) is 0.533. The minimum absolute atomic E-state index is 0.373. The molecule has 2 unspecified atom stereocenters. The zero-order valence-electron chi connectivity index (χ0n) is 11.3. The SMILES string of the molecule is NC1CCC2(CCN(c3nc4cc(Cl)ccc4o3)C2)C1. The van der Waals surface area contributed by atoms with Crippen LogP contribution in [0.1, 0.15) is 25.7 Å². The lowest BCUT2D eigenvalue weighted by Gasteiger charge is -2.22. The van der Waals surface area contributed by atoms with E-state index in [0.717, 1.165) is 43.0 Å². The highest BCUT2D eigenvalue weighted by atomic mass is 35.5. The van der Waals surface area contributed by atoms with E-state index in [1.165, 1.54) is 12.8 Å². The minimum atomic E-state index is 0.373. The summed E-state index contributed by atoms with van der Waals surface area (Å²) in [6.07, 6.45) is 4.71. The lowest BCUT2D eigenvalue weighted by atomic mass is 9.85. The number of anilines is 1. The largest absolute Gasteiger partial charge is 0.423 e. The predicted octanol–water partition coefficient (Wildman–Crippen LogP) is 3.19. The maximum atomic E-state index is 6.08. The lowest BCUT2D eigenvalue weighted by Crippen LogP contribution is -2.27. The first-order valence-corrected chi connectivity index (χ1v) is 7.58. The van der Waals surface area contributed by atoms with Crippen LogP contribution < -0.4 is 10.6 Å². The Hall–Kier alpha value is -1.26. The number of rotatable bonds is 1. The van der Waals surface area contributed by atoms with Gasteiger partial charge in [0.1, 0.15) is 5.52 Å². The molecule has 20 heavy (non-hydrogen) atoms. The van der Waals surface area contributed by atoms with Gasteiger partial charge in [0.25, 0.3) is 6.01 Å². The van der Waals surface area contributed by atoms with Gasteiger partial charge in [0, 0.05) is 24.2 Å². The van der Waals surface area contributed by atoms with Crippen LogP contribution in [-0.2, 0) is 0 Å². The van der Waals surface area contributed by atoms with E-state index in [1.54, 1.807) is 0 Å². The molecular weight excluding hydrogens is 274 g/mol. The second-order valence-electron chi connectivity index (χ2n) is 6.28. The zero-order valence-corrected chi connectivity index (χ0v) is 12.1. The number of aromatic nitrogens is 1. The molecule has 0 radical (unpaired) electrons. The number of nitrogens with zero attached hydrogens (tertiary/aromatic N) is 2. The van der Waals surface area contributed by atoms with Gasteiger partial charge in [0.15, 0.2) is 5.58 Å². The molecule has 2 aromatic rings. The van der Waals surface area contributed by atoms with Gasteiger partial charge >= 0.3 is 0 Å². The molecule has 4 rings (SSSR count). The van der Waals surface area contributed by atoms with Crippen LogP contribution in [0, 0.1) is 5.41 Å². The molecule has 1 aliphatic carbocycles. The molecule has 2 N–H and O–H groups in total. The molecule has 5 heteroatoms. The van der Waals surface area contributed by atoms with Crippen molar-refractivity contribution in [3.05, 3.63) is 23.2 Å². The van der Waals surface area contributed by atoms with Crippen molar-refractivity contribution in [2.45, 2.75) is 31.7 Å². The van der Waals surface area contributed by atoms with Crippen molar-refractivity contribution in [2.24, 2.45) is 11.1 Å². The Kier molecular flexibility index (Phi) is 2.72. The molecule has 106 valence electrons. The molecule has 2 atom stereocenters. The van der Waals surface area contributed by atoms with Gasteiger partial charge in [-0.1, -0.05) is 11.6 Å². The second-order valence-corrected chi connectivity index (χ2v) is 6.72. The van der Waals surface area contributed by atoms with Crippen LogP contribution in [0.2, 0.25) is 5.02 Å². The third-order valence-corrected chi connectivity index (χ3v) is 5.02. The lowest BCUT2D eigenvalue weighted by molar-refractivity contribution is 0.334. The normalized spacial score (nSPS) is 29.9. The summed E-state index contributed by atoms with van der Waals surface area (Å²) in [6.45, 7) is 2.02. The van der Waals surface area contributed by atoms with Gasteiger partial charge in [0.05, 0.1) is 0 Å². The molecule has 1 aromatic carbocycles. The highest BCUT2D eigenvalue weighted by molar-refractivity contribution is 6.31. The Morgan fingerprint density at radius 2 is 2.30 bits per heavy atom. The second kappa shape index (κ2) is 4.37. The smallest absolute Gasteiger partial charge is 0.298 e. The molecule has 2 heterocycles. The van der Waals surface area contributed by atoms with Crippen LogP contribution in [0.4, 0.5) is 6.01 Å². The summed E-state index contributed by atoms with van der Waals surface area (Å²) in [5.41, 5.74) is 8.10. The standard InChI is InChI=1S/C15H18ClN3O/c16-10-1-2-13-12(7-10)18-14(20-13)19-6-5-15(9-19)4-3-11(17)8-15/h1-2,7,11H,3-6,8-9,17H2. The average Bonchev–Trinajstić information content (AvgIpc) is 3.09. The molecule has 1 aliphatic heterocycles. The molecule has 4 nitrogen and oxygen atoms in total. The monoisotopic (exact) mass is 291 g/mol. The van der Waals surface area contributed by atoms with E-state index in [9.17, 15) is 0 Å². The number of hydrogen-bond donors (Lipinski definition) is 1. The fourth-order valence-corrected chi connectivity index (χ4v) is 3.91. The molecule has 1 saturated heterocycles. The van der Waals surface area contributed by atoms with Gasteiger partial charge in [-0.3, -0.25) is 0 Å². The molecular formula is C15H18ClN3O. The zero-order chi connectivity index (χ0) is 13.7. The van der Waals surface area contributed by atoms with Gasteiger partial charge < -0.3 is 15.1 Å². The van der Waals surface area contributed by atoms with E-state index >= 15 is 0 Å². The van der Waals surface area contributed by atoms with Crippen molar-refractivity contribution in [3.8, 4) is 0 Å². The first kappa shape index (κ1) is 12.5. The van der Waals surface area contributed by atoms with Gasteiger partial charge in [-0.05, 0) is 49.3 Å². The van der Waals surface area contributed by atoms with Gasteiger partial charge in [-0.15, -0.1) is 0 Å². The number of benzene rings is 1.